The van der Waals surface area contributed by atoms with Crippen molar-refractivity contribution < 1.29 is 27.3 Å². The molecule has 2 N–H and O–H groups in total. The zero-order valence-corrected chi connectivity index (χ0v) is 21.8. The number of nitrogens with zero attached hydrogens (tertiary/aromatic N) is 1. The molecule has 9 nitrogen and oxygen atoms in total. The van der Waals surface area contributed by atoms with Gasteiger partial charge in [0.2, 0.25) is 0 Å². The summed E-state index contributed by atoms with van der Waals surface area (Å²) in [6.07, 6.45) is 0. The first kappa shape index (κ1) is 25.9. The second-order valence-corrected chi connectivity index (χ2v) is 11.0. The smallest absolute Gasteiger partial charge is 0.267 e. The zero-order chi connectivity index (χ0) is 25.4. The van der Waals surface area contributed by atoms with Gasteiger partial charge in [-0.25, -0.2) is 13.1 Å². The Balaban J connectivity index is 2.05. The average Bonchev–Trinajstić information content (AvgIpc) is 3.23. The maximum absolute atomic E-state index is 13.3. The number of hydrogen-bond acceptors (Lipinski definition) is 8. The molecule has 1 aromatic carbocycles. The number of carbonyl (C=O) groups excluding carboxylic acids is 2. The van der Waals surface area contributed by atoms with Crippen LogP contribution >= 0.6 is 22.9 Å². The van der Waals surface area contributed by atoms with Crippen LogP contribution in [0, 0.1) is 34.6 Å². The standard InChI is InChI=1S/C22H24ClN3O6S2/c1-10-7-11(2)18(15(8-10)16(27)9-31-6)24-21(28)19-20(12(3)14(5)33-19)34(29,30)26-22-17(23)13(4)25-32-22/h7-8,26H,9H2,1-6H3,(H,24,28). The number of aryl methyl sites for hydroxylation is 4. The molecule has 0 saturated carbocycles. The highest BCUT2D eigenvalue weighted by atomic mass is 35.5. The summed E-state index contributed by atoms with van der Waals surface area (Å²) in [5.74, 6) is -1.22. The molecule has 182 valence electrons. The highest BCUT2D eigenvalue weighted by Gasteiger charge is 2.31. The normalized spacial score (nSPS) is 11.5. The van der Waals surface area contributed by atoms with Crippen molar-refractivity contribution in [3.05, 3.63) is 54.9 Å². The third-order valence-electron chi connectivity index (χ3n) is 5.12. The lowest BCUT2D eigenvalue weighted by atomic mass is 10.0. The van der Waals surface area contributed by atoms with Crippen LogP contribution in [0.15, 0.2) is 21.6 Å². The Morgan fingerprint density at radius 1 is 1.18 bits per heavy atom. The van der Waals surface area contributed by atoms with E-state index in [9.17, 15) is 18.0 Å². The molecule has 1 amide bonds. The number of ether oxygens (including phenoxy) is 1. The number of hydrogen-bond donors (Lipinski definition) is 2. The molecule has 0 unspecified atom stereocenters. The van der Waals surface area contributed by atoms with Crippen LogP contribution in [0.2, 0.25) is 5.02 Å². The van der Waals surface area contributed by atoms with E-state index in [-0.39, 0.29) is 38.6 Å². The summed E-state index contributed by atoms with van der Waals surface area (Å²) in [5.41, 5.74) is 2.80. The second-order valence-electron chi connectivity index (χ2n) is 7.77. The number of aromatic nitrogens is 1. The second kappa shape index (κ2) is 9.87. The van der Waals surface area contributed by atoms with Crippen LogP contribution in [-0.4, -0.2) is 39.0 Å². The van der Waals surface area contributed by atoms with Gasteiger partial charge >= 0.3 is 0 Å². The van der Waals surface area contributed by atoms with E-state index in [0.29, 0.717) is 27.4 Å². The Kier molecular flexibility index (Phi) is 7.51. The molecule has 0 atom stereocenters. The van der Waals surface area contributed by atoms with Gasteiger partial charge in [0.25, 0.3) is 21.8 Å². The Morgan fingerprint density at radius 2 is 1.85 bits per heavy atom. The van der Waals surface area contributed by atoms with E-state index in [0.717, 1.165) is 16.9 Å². The van der Waals surface area contributed by atoms with E-state index in [1.807, 2.05) is 13.0 Å². The van der Waals surface area contributed by atoms with Crippen molar-refractivity contribution in [2.45, 2.75) is 39.5 Å². The van der Waals surface area contributed by atoms with Crippen LogP contribution in [0.5, 0.6) is 0 Å². The summed E-state index contributed by atoms with van der Waals surface area (Å²) in [6, 6.07) is 3.47. The van der Waals surface area contributed by atoms with Gasteiger partial charge in [0.15, 0.2) is 5.78 Å². The summed E-state index contributed by atoms with van der Waals surface area (Å²) < 4.78 is 38.7. The van der Waals surface area contributed by atoms with Crippen molar-refractivity contribution in [3.8, 4) is 0 Å². The van der Waals surface area contributed by atoms with Crippen molar-refractivity contribution in [2.24, 2.45) is 0 Å². The van der Waals surface area contributed by atoms with Crippen LogP contribution in [0.1, 0.15) is 47.3 Å². The highest BCUT2D eigenvalue weighted by molar-refractivity contribution is 7.93. The zero-order valence-electron chi connectivity index (χ0n) is 19.5. The molecule has 2 heterocycles. The molecule has 0 aliphatic heterocycles. The van der Waals surface area contributed by atoms with Crippen LogP contribution < -0.4 is 10.0 Å². The van der Waals surface area contributed by atoms with Crippen molar-refractivity contribution >= 4 is 56.2 Å². The van der Waals surface area contributed by atoms with E-state index >= 15 is 0 Å². The number of thiophene rings is 1. The van der Waals surface area contributed by atoms with Crippen LogP contribution in [-0.2, 0) is 14.8 Å². The Morgan fingerprint density at radius 3 is 2.44 bits per heavy atom. The number of carbonyl (C=O) groups is 2. The number of halogens is 1. The molecule has 3 rings (SSSR count). The molecule has 0 radical (unpaired) electrons. The molecule has 34 heavy (non-hydrogen) atoms. The maximum Gasteiger partial charge on any atom is 0.267 e. The minimum Gasteiger partial charge on any atom is -0.377 e. The fourth-order valence-corrected chi connectivity index (χ4v) is 6.43. The van der Waals surface area contributed by atoms with E-state index in [1.54, 1.807) is 33.8 Å². The minimum atomic E-state index is -4.26. The van der Waals surface area contributed by atoms with Crippen LogP contribution in [0.4, 0.5) is 11.6 Å². The van der Waals surface area contributed by atoms with Gasteiger partial charge in [-0.2, -0.15) is 0 Å². The van der Waals surface area contributed by atoms with Crippen molar-refractivity contribution in [2.75, 3.05) is 23.8 Å². The first-order valence-electron chi connectivity index (χ1n) is 10.1. The fraction of sp³-hybridized carbons (Fsp3) is 0.318. The number of benzene rings is 1. The SMILES string of the molecule is COCC(=O)c1cc(C)cc(C)c1NC(=O)c1sc(C)c(C)c1S(=O)(=O)Nc1onc(C)c1Cl. The maximum atomic E-state index is 13.3. The summed E-state index contributed by atoms with van der Waals surface area (Å²) in [4.78, 5) is 26.3. The number of methoxy groups -OCH3 is 1. The van der Waals surface area contributed by atoms with Gasteiger partial charge in [0.05, 0.1) is 5.69 Å². The van der Waals surface area contributed by atoms with Gasteiger partial charge in [-0.1, -0.05) is 22.8 Å². The van der Waals surface area contributed by atoms with Crippen molar-refractivity contribution in [3.63, 3.8) is 0 Å². The quantitative estimate of drug-likeness (QED) is 0.404. The number of sulfonamides is 1. The number of Topliss-reactive ketones (excluding diaryl/α,β-unsaturated/α-hetero) is 1. The molecular weight excluding hydrogens is 502 g/mol. The van der Waals surface area contributed by atoms with Gasteiger partial charge in [-0.05, 0) is 57.4 Å². The summed E-state index contributed by atoms with van der Waals surface area (Å²) in [5, 5.41) is 6.40. The lowest BCUT2D eigenvalue weighted by Gasteiger charge is -2.15. The molecule has 0 saturated heterocycles. The predicted octanol–water partition coefficient (Wildman–Crippen LogP) is 4.81. The predicted molar refractivity (Wildman–Crippen MR) is 131 cm³/mol. The average molecular weight is 526 g/mol. The van der Waals surface area contributed by atoms with Gasteiger partial charge < -0.3 is 14.6 Å². The number of rotatable bonds is 8. The number of nitrogens with one attached hydrogen (secondary N) is 2. The highest BCUT2D eigenvalue weighted by Crippen LogP contribution is 2.35. The molecule has 0 bridgehead atoms. The summed E-state index contributed by atoms with van der Waals surface area (Å²) in [6.45, 7) is 8.31. The van der Waals surface area contributed by atoms with Crippen LogP contribution in [0.3, 0.4) is 0 Å². The van der Waals surface area contributed by atoms with Gasteiger partial charge in [0.1, 0.15) is 27.1 Å². The van der Waals surface area contributed by atoms with Gasteiger partial charge in [0, 0.05) is 17.6 Å². The lowest BCUT2D eigenvalue weighted by Crippen LogP contribution is -2.21. The molecule has 2 aromatic heterocycles. The van der Waals surface area contributed by atoms with E-state index in [1.165, 1.54) is 7.11 Å². The number of anilines is 2. The molecule has 0 fully saturated rings. The molecular formula is C22H24ClN3O6S2. The molecule has 0 aliphatic rings. The molecule has 12 heteroatoms. The Labute approximate surface area is 206 Å². The Hall–Kier alpha value is -2.73. The summed E-state index contributed by atoms with van der Waals surface area (Å²) >= 11 is 7.09. The van der Waals surface area contributed by atoms with Gasteiger partial charge in [-0.3, -0.25) is 9.59 Å². The molecule has 3 aromatic rings. The number of amides is 1. The fourth-order valence-electron chi connectivity index (χ4n) is 3.41. The lowest BCUT2D eigenvalue weighted by molar-refractivity contribution is 0.0848. The summed E-state index contributed by atoms with van der Waals surface area (Å²) in [7, 11) is -2.85. The molecule has 0 spiro atoms. The Bertz CT molecular complexity index is 1390. The topological polar surface area (TPSA) is 128 Å². The monoisotopic (exact) mass is 525 g/mol. The van der Waals surface area contributed by atoms with Crippen molar-refractivity contribution in [1.82, 2.24) is 5.16 Å². The van der Waals surface area contributed by atoms with E-state index in [4.69, 9.17) is 20.9 Å². The van der Waals surface area contributed by atoms with E-state index < -0.39 is 15.9 Å². The van der Waals surface area contributed by atoms with E-state index in [2.05, 4.69) is 15.2 Å². The number of ketones is 1. The largest absolute Gasteiger partial charge is 0.377 e. The van der Waals surface area contributed by atoms with Crippen molar-refractivity contribution in [1.29, 1.82) is 0 Å². The minimum absolute atomic E-state index is 0.0239. The first-order valence-corrected chi connectivity index (χ1v) is 12.7. The first-order chi connectivity index (χ1) is 15.9. The van der Waals surface area contributed by atoms with Gasteiger partial charge in [-0.15, -0.1) is 11.3 Å². The third kappa shape index (κ3) is 5.02. The van der Waals surface area contributed by atoms with Crippen LogP contribution in [0.25, 0.3) is 0 Å². The molecule has 0 aliphatic carbocycles. The third-order valence-corrected chi connectivity index (χ3v) is 8.40.